The summed E-state index contributed by atoms with van der Waals surface area (Å²) in [6.45, 7) is 1.09. The van der Waals surface area contributed by atoms with Crippen molar-refractivity contribution in [3.63, 3.8) is 0 Å². The van der Waals surface area contributed by atoms with Crippen LogP contribution >= 0.6 is 0 Å². The van der Waals surface area contributed by atoms with Crippen LogP contribution in [0.5, 0.6) is 0 Å². The Morgan fingerprint density at radius 1 is 1.00 bits per heavy atom. The van der Waals surface area contributed by atoms with Crippen LogP contribution in [0.3, 0.4) is 0 Å². The third-order valence-electron chi connectivity index (χ3n) is 6.12. The first kappa shape index (κ1) is 21.9. The van der Waals surface area contributed by atoms with Gasteiger partial charge < -0.3 is 9.88 Å². The van der Waals surface area contributed by atoms with Crippen LogP contribution < -0.4 is 5.32 Å². The van der Waals surface area contributed by atoms with E-state index in [1.54, 1.807) is 12.1 Å². The maximum Gasteiger partial charge on any atom is 0.271 e. The van der Waals surface area contributed by atoms with Gasteiger partial charge in [0.15, 0.2) is 5.82 Å². The van der Waals surface area contributed by atoms with Crippen LogP contribution in [0.15, 0.2) is 53.6 Å². The molecule has 5 rings (SSSR count). The van der Waals surface area contributed by atoms with Gasteiger partial charge in [-0.2, -0.15) is 5.10 Å². The smallest absolute Gasteiger partial charge is 0.271 e. The van der Waals surface area contributed by atoms with Crippen LogP contribution in [0.25, 0.3) is 11.4 Å². The molecule has 9 heteroatoms. The summed E-state index contributed by atoms with van der Waals surface area (Å²) in [6, 6.07) is 14.0. The first-order valence-corrected chi connectivity index (χ1v) is 11.5. The quantitative estimate of drug-likeness (QED) is 0.625. The zero-order valence-corrected chi connectivity index (χ0v) is 18.7. The van der Waals surface area contributed by atoms with Gasteiger partial charge in [0, 0.05) is 31.4 Å². The summed E-state index contributed by atoms with van der Waals surface area (Å²) in [7, 11) is 0. The highest BCUT2D eigenvalue weighted by atomic mass is 19.1. The van der Waals surface area contributed by atoms with E-state index in [0.717, 1.165) is 43.6 Å². The van der Waals surface area contributed by atoms with Crippen molar-refractivity contribution in [3.05, 3.63) is 65.7 Å². The van der Waals surface area contributed by atoms with Crippen molar-refractivity contribution in [2.75, 3.05) is 5.32 Å². The minimum Gasteiger partial charge on any atom is -0.318 e. The first-order chi connectivity index (χ1) is 16.6. The number of rotatable bonds is 5. The lowest BCUT2D eigenvalue weighted by molar-refractivity contribution is -0.132. The van der Waals surface area contributed by atoms with Crippen LogP contribution in [-0.4, -0.2) is 37.3 Å². The Morgan fingerprint density at radius 3 is 2.71 bits per heavy atom. The van der Waals surface area contributed by atoms with Gasteiger partial charge in [-0.05, 0) is 36.6 Å². The molecule has 1 aromatic heterocycles. The van der Waals surface area contributed by atoms with Gasteiger partial charge >= 0.3 is 0 Å². The zero-order chi connectivity index (χ0) is 23.5. The number of hydrogen-bond donors (Lipinski definition) is 1. The number of aryl methyl sites for hydroxylation is 1. The van der Waals surface area contributed by atoms with Crippen molar-refractivity contribution >= 4 is 23.2 Å². The van der Waals surface area contributed by atoms with E-state index in [4.69, 9.17) is 0 Å². The SMILES string of the molecule is O=C(Nc1cc(-c2nnc3n2CCCCC3)ccc1F)C1=NN(Cc2ccccc2)C(=O)CC1. The van der Waals surface area contributed by atoms with Crippen molar-refractivity contribution in [2.45, 2.75) is 51.6 Å². The van der Waals surface area contributed by atoms with E-state index in [-0.39, 0.29) is 36.7 Å². The number of nitrogens with one attached hydrogen (secondary N) is 1. The van der Waals surface area contributed by atoms with E-state index in [2.05, 4.69) is 25.2 Å². The lowest BCUT2D eigenvalue weighted by Gasteiger charge is -2.23. The summed E-state index contributed by atoms with van der Waals surface area (Å²) in [4.78, 5) is 25.2. The highest BCUT2D eigenvalue weighted by molar-refractivity contribution is 6.43. The van der Waals surface area contributed by atoms with Gasteiger partial charge in [0.1, 0.15) is 17.4 Å². The van der Waals surface area contributed by atoms with E-state index < -0.39 is 11.7 Å². The molecule has 2 amide bonds. The molecule has 2 aliphatic rings. The molecular weight excluding hydrogens is 435 g/mol. The molecular formula is C25H25FN6O2. The van der Waals surface area contributed by atoms with E-state index in [1.165, 1.54) is 11.1 Å². The molecule has 2 aliphatic heterocycles. The summed E-state index contributed by atoms with van der Waals surface area (Å²) in [6.07, 6.45) is 4.51. The van der Waals surface area contributed by atoms with Gasteiger partial charge in [-0.25, -0.2) is 9.40 Å². The highest BCUT2D eigenvalue weighted by Crippen LogP contribution is 2.27. The first-order valence-electron chi connectivity index (χ1n) is 11.5. The number of nitrogens with zero attached hydrogens (tertiary/aromatic N) is 5. The fraction of sp³-hybridized carbons (Fsp3) is 0.320. The molecule has 2 aromatic carbocycles. The van der Waals surface area contributed by atoms with Crippen molar-refractivity contribution in [1.29, 1.82) is 0 Å². The standard InChI is InChI=1S/C25H25FN6O2/c26-19-11-10-18(24-29-28-22-9-5-2-6-14-31(22)24)15-21(19)27-25(34)20-12-13-23(33)32(30-20)16-17-7-3-1-4-8-17/h1,3-4,7-8,10-11,15H,2,5-6,9,12-14,16H2,(H,27,34). The highest BCUT2D eigenvalue weighted by Gasteiger charge is 2.25. The van der Waals surface area contributed by atoms with E-state index >= 15 is 0 Å². The predicted molar refractivity (Wildman–Crippen MR) is 125 cm³/mol. The molecule has 34 heavy (non-hydrogen) atoms. The second kappa shape index (κ2) is 9.54. The van der Waals surface area contributed by atoms with Crippen molar-refractivity contribution in [1.82, 2.24) is 19.8 Å². The fourth-order valence-corrected chi connectivity index (χ4v) is 4.30. The molecule has 0 saturated carbocycles. The van der Waals surface area contributed by atoms with Crippen LogP contribution in [0.4, 0.5) is 10.1 Å². The van der Waals surface area contributed by atoms with Crippen LogP contribution in [0, 0.1) is 5.82 Å². The Balaban J connectivity index is 1.36. The maximum absolute atomic E-state index is 14.6. The molecule has 3 aromatic rings. The molecule has 8 nitrogen and oxygen atoms in total. The lowest BCUT2D eigenvalue weighted by Crippen LogP contribution is -2.36. The normalized spacial score (nSPS) is 16.0. The lowest BCUT2D eigenvalue weighted by atomic mass is 10.1. The minimum absolute atomic E-state index is 0.0441. The van der Waals surface area contributed by atoms with E-state index in [0.29, 0.717) is 11.4 Å². The Kier molecular flexibility index (Phi) is 6.16. The molecule has 0 bridgehead atoms. The monoisotopic (exact) mass is 460 g/mol. The number of amides is 2. The fourth-order valence-electron chi connectivity index (χ4n) is 4.30. The average Bonchev–Trinajstić information content (AvgIpc) is 3.10. The van der Waals surface area contributed by atoms with Gasteiger partial charge in [0.05, 0.1) is 12.2 Å². The molecule has 0 aliphatic carbocycles. The summed E-state index contributed by atoms with van der Waals surface area (Å²) in [5.74, 6) is 0.369. The van der Waals surface area contributed by atoms with Crippen molar-refractivity contribution in [2.24, 2.45) is 5.10 Å². The average molecular weight is 461 g/mol. The third-order valence-corrected chi connectivity index (χ3v) is 6.12. The molecule has 1 N–H and O–H groups in total. The van der Waals surface area contributed by atoms with Gasteiger partial charge in [-0.3, -0.25) is 9.59 Å². The summed E-state index contributed by atoms with van der Waals surface area (Å²) in [5, 5.41) is 16.8. The Hall–Kier alpha value is -3.88. The number of halogens is 1. The van der Waals surface area contributed by atoms with Crippen molar-refractivity contribution in [3.8, 4) is 11.4 Å². The Morgan fingerprint density at radius 2 is 1.85 bits per heavy atom. The van der Waals surface area contributed by atoms with Gasteiger partial charge in [0.2, 0.25) is 5.91 Å². The van der Waals surface area contributed by atoms with Crippen LogP contribution in [-0.2, 0) is 29.1 Å². The van der Waals surface area contributed by atoms with E-state index in [9.17, 15) is 14.0 Å². The number of hydrogen-bond acceptors (Lipinski definition) is 5. The van der Waals surface area contributed by atoms with Gasteiger partial charge in [0.25, 0.3) is 5.91 Å². The molecule has 0 atom stereocenters. The molecule has 3 heterocycles. The third kappa shape index (κ3) is 4.59. The molecule has 0 saturated heterocycles. The molecule has 0 unspecified atom stereocenters. The van der Waals surface area contributed by atoms with Gasteiger partial charge in [-0.1, -0.05) is 36.8 Å². The molecule has 0 fully saturated rings. The van der Waals surface area contributed by atoms with Gasteiger partial charge in [-0.15, -0.1) is 10.2 Å². The molecule has 174 valence electrons. The van der Waals surface area contributed by atoms with Crippen LogP contribution in [0.2, 0.25) is 0 Å². The topological polar surface area (TPSA) is 92.5 Å². The number of carbonyl (C=O) groups is 2. The summed E-state index contributed by atoms with van der Waals surface area (Å²) >= 11 is 0. The van der Waals surface area contributed by atoms with Crippen LogP contribution in [0.1, 0.15) is 43.5 Å². The molecule has 0 spiro atoms. The second-order valence-electron chi connectivity index (χ2n) is 8.53. The predicted octanol–water partition coefficient (Wildman–Crippen LogP) is 3.93. The number of aromatic nitrogens is 3. The molecule has 0 radical (unpaired) electrons. The van der Waals surface area contributed by atoms with E-state index in [1.807, 2.05) is 30.3 Å². The van der Waals surface area contributed by atoms with Crippen molar-refractivity contribution < 1.29 is 14.0 Å². The second-order valence-corrected chi connectivity index (χ2v) is 8.53. The number of benzene rings is 2. The summed E-state index contributed by atoms with van der Waals surface area (Å²) in [5.41, 5.74) is 1.83. The number of anilines is 1. The Labute approximate surface area is 196 Å². The summed E-state index contributed by atoms with van der Waals surface area (Å²) < 4.78 is 16.7. The maximum atomic E-state index is 14.6. The number of carbonyl (C=O) groups excluding carboxylic acids is 2. The number of fused-ring (bicyclic) bond motifs is 1. The number of hydrazone groups is 1. The zero-order valence-electron chi connectivity index (χ0n) is 18.7. The Bertz CT molecular complexity index is 1250. The minimum atomic E-state index is -0.554. The largest absolute Gasteiger partial charge is 0.318 e.